The fourth-order valence-corrected chi connectivity index (χ4v) is 1.72. The van der Waals surface area contributed by atoms with Crippen molar-refractivity contribution >= 4 is 27.6 Å². The van der Waals surface area contributed by atoms with Gasteiger partial charge < -0.3 is 10.1 Å². The number of halogens is 1. The van der Waals surface area contributed by atoms with Crippen molar-refractivity contribution in [1.29, 1.82) is 0 Å². The van der Waals surface area contributed by atoms with Gasteiger partial charge in [0.1, 0.15) is 0 Å². The highest BCUT2D eigenvalue weighted by atomic mass is 79.9. The summed E-state index contributed by atoms with van der Waals surface area (Å²) in [5.74, 6) is -0.294. The van der Waals surface area contributed by atoms with Crippen molar-refractivity contribution in [2.24, 2.45) is 0 Å². The van der Waals surface area contributed by atoms with Crippen LogP contribution in [-0.4, -0.2) is 19.6 Å². The maximum absolute atomic E-state index is 11.1. The molecule has 0 atom stereocenters. The molecule has 92 valence electrons. The van der Waals surface area contributed by atoms with Crippen molar-refractivity contribution in [2.45, 2.75) is 13.8 Å². The Morgan fingerprint density at radius 3 is 2.88 bits per heavy atom. The van der Waals surface area contributed by atoms with E-state index in [4.69, 9.17) is 0 Å². The minimum Gasteiger partial charge on any atom is -0.466 e. The summed E-state index contributed by atoms with van der Waals surface area (Å²) >= 11 is 3.47. The van der Waals surface area contributed by atoms with Gasteiger partial charge in [-0.3, -0.25) is 0 Å². The molecule has 0 spiro atoms. The number of rotatable bonds is 4. The van der Waals surface area contributed by atoms with Crippen molar-refractivity contribution in [2.75, 3.05) is 19.0 Å². The van der Waals surface area contributed by atoms with Crippen LogP contribution in [0.15, 0.2) is 34.3 Å². The average Bonchev–Trinajstić information content (AvgIpc) is 2.33. The second-order valence-corrected chi connectivity index (χ2v) is 4.53. The number of esters is 1. The lowest BCUT2D eigenvalue weighted by Gasteiger charge is -2.09. The first kappa shape index (κ1) is 13.8. The molecule has 0 saturated heterocycles. The van der Waals surface area contributed by atoms with E-state index in [1.54, 1.807) is 6.92 Å². The lowest BCUT2D eigenvalue weighted by molar-refractivity contribution is -0.136. The van der Waals surface area contributed by atoms with Gasteiger partial charge in [-0.1, -0.05) is 28.1 Å². The van der Waals surface area contributed by atoms with E-state index in [0.29, 0.717) is 12.1 Å². The quantitative estimate of drug-likeness (QED) is 0.685. The highest BCUT2D eigenvalue weighted by Crippen LogP contribution is 2.23. The average molecular weight is 298 g/mol. The van der Waals surface area contributed by atoms with Gasteiger partial charge in [-0.15, -0.1) is 0 Å². The normalized spacial score (nSPS) is 11.2. The molecule has 1 aromatic rings. The number of carbonyl (C=O) groups excluding carboxylic acids is 1. The van der Waals surface area contributed by atoms with Crippen LogP contribution in [0.4, 0.5) is 5.69 Å². The van der Waals surface area contributed by atoms with Crippen molar-refractivity contribution < 1.29 is 9.53 Å². The summed E-state index contributed by atoms with van der Waals surface area (Å²) in [6, 6.07) is 5.97. The first-order valence-corrected chi connectivity index (χ1v) is 6.09. The van der Waals surface area contributed by atoms with Gasteiger partial charge in [0.2, 0.25) is 0 Å². The SMILES string of the molecule is COC(=O)/C(C)=C/CNc1cccc(Br)c1C. The van der Waals surface area contributed by atoms with E-state index in [-0.39, 0.29) is 5.97 Å². The van der Waals surface area contributed by atoms with Gasteiger partial charge >= 0.3 is 5.97 Å². The number of ether oxygens (including phenoxy) is 1. The number of nitrogens with one attached hydrogen (secondary N) is 1. The standard InChI is InChI=1S/C13H16BrNO2/c1-9(13(16)17-3)7-8-15-12-6-4-5-11(14)10(12)2/h4-7,15H,8H2,1-3H3/b9-7+. The predicted molar refractivity (Wildman–Crippen MR) is 73.1 cm³/mol. The second kappa shape index (κ2) is 6.45. The predicted octanol–water partition coefficient (Wildman–Crippen LogP) is 3.29. The molecule has 0 aliphatic carbocycles. The number of hydrogen-bond donors (Lipinski definition) is 1. The molecule has 1 rings (SSSR count). The van der Waals surface area contributed by atoms with Crippen LogP contribution in [0.25, 0.3) is 0 Å². The van der Waals surface area contributed by atoms with Crippen molar-refractivity contribution in [1.82, 2.24) is 0 Å². The molecule has 0 aliphatic rings. The molecule has 0 bridgehead atoms. The minimum atomic E-state index is -0.294. The summed E-state index contributed by atoms with van der Waals surface area (Å²) < 4.78 is 5.68. The van der Waals surface area contributed by atoms with Crippen molar-refractivity contribution in [3.8, 4) is 0 Å². The minimum absolute atomic E-state index is 0.294. The molecule has 0 aromatic heterocycles. The van der Waals surface area contributed by atoms with Crippen molar-refractivity contribution in [3.63, 3.8) is 0 Å². The Labute approximate surface area is 110 Å². The fraction of sp³-hybridized carbons (Fsp3) is 0.308. The zero-order valence-electron chi connectivity index (χ0n) is 10.2. The van der Waals surface area contributed by atoms with Gasteiger partial charge in [-0.25, -0.2) is 4.79 Å². The Balaban J connectivity index is 2.63. The molecule has 0 amide bonds. The largest absolute Gasteiger partial charge is 0.466 e. The fourth-order valence-electron chi connectivity index (χ4n) is 1.36. The molecule has 1 aromatic carbocycles. The van der Waals surface area contributed by atoms with E-state index in [1.807, 2.05) is 31.2 Å². The van der Waals surface area contributed by atoms with Crippen molar-refractivity contribution in [3.05, 3.63) is 39.9 Å². The van der Waals surface area contributed by atoms with E-state index in [1.165, 1.54) is 7.11 Å². The molecule has 0 radical (unpaired) electrons. The molecular weight excluding hydrogens is 282 g/mol. The Morgan fingerprint density at radius 2 is 2.24 bits per heavy atom. The van der Waals surface area contributed by atoms with Gasteiger partial charge in [0.25, 0.3) is 0 Å². The van der Waals surface area contributed by atoms with Crippen LogP contribution in [0, 0.1) is 6.92 Å². The Bertz CT molecular complexity index is 441. The van der Waals surface area contributed by atoms with E-state index in [0.717, 1.165) is 15.7 Å². The first-order chi connectivity index (χ1) is 8.06. The third-order valence-electron chi connectivity index (χ3n) is 2.48. The van der Waals surface area contributed by atoms with Crippen LogP contribution in [0.3, 0.4) is 0 Å². The molecular formula is C13H16BrNO2. The van der Waals surface area contributed by atoms with Gasteiger partial charge in [0, 0.05) is 22.3 Å². The van der Waals surface area contributed by atoms with Crippen LogP contribution in [0.5, 0.6) is 0 Å². The third-order valence-corrected chi connectivity index (χ3v) is 3.33. The van der Waals surface area contributed by atoms with E-state index in [9.17, 15) is 4.79 Å². The molecule has 0 fully saturated rings. The summed E-state index contributed by atoms with van der Waals surface area (Å²) in [5, 5.41) is 3.25. The maximum atomic E-state index is 11.1. The lowest BCUT2D eigenvalue weighted by Crippen LogP contribution is -2.06. The van der Waals surface area contributed by atoms with E-state index < -0.39 is 0 Å². The Kier molecular flexibility index (Phi) is 5.22. The van der Waals surface area contributed by atoms with Gasteiger partial charge in [-0.05, 0) is 31.5 Å². The first-order valence-electron chi connectivity index (χ1n) is 5.30. The summed E-state index contributed by atoms with van der Waals surface area (Å²) in [5.41, 5.74) is 2.80. The number of anilines is 1. The summed E-state index contributed by atoms with van der Waals surface area (Å²) in [6.07, 6.45) is 1.81. The molecule has 0 unspecified atom stereocenters. The second-order valence-electron chi connectivity index (χ2n) is 3.67. The number of hydrogen-bond acceptors (Lipinski definition) is 3. The van der Waals surface area contributed by atoms with E-state index >= 15 is 0 Å². The molecule has 0 aliphatic heterocycles. The topological polar surface area (TPSA) is 38.3 Å². The summed E-state index contributed by atoms with van der Waals surface area (Å²) in [4.78, 5) is 11.1. The molecule has 17 heavy (non-hydrogen) atoms. The smallest absolute Gasteiger partial charge is 0.333 e. The number of carbonyl (C=O) groups is 1. The third kappa shape index (κ3) is 3.89. The molecule has 0 saturated carbocycles. The Morgan fingerprint density at radius 1 is 1.53 bits per heavy atom. The molecule has 3 nitrogen and oxygen atoms in total. The molecule has 4 heteroatoms. The van der Waals surface area contributed by atoms with Crippen LogP contribution in [0.2, 0.25) is 0 Å². The Hall–Kier alpha value is -1.29. The van der Waals surface area contributed by atoms with Crippen LogP contribution < -0.4 is 5.32 Å². The van der Waals surface area contributed by atoms with Crippen LogP contribution >= 0.6 is 15.9 Å². The number of methoxy groups -OCH3 is 1. The summed E-state index contributed by atoms with van der Waals surface area (Å²) in [6.45, 7) is 4.36. The maximum Gasteiger partial charge on any atom is 0.333 e. The summed E-state index contributed by atoms with van der Waals surface area (Å²) in [7, 11) is 1.38. The van der Waals surface area contributed by atoms with Gasteiger partial charge in [-0.2, -0.15) is 0 Å². The zero-order chi connectivity index (χ0) is 12.8. The lowest BCUT2D eigenvalue weighted by atomic mass is 10.2. The molecule has 0 heterocycles. The van der Waals surface area contributed by atoms with Gasteiger partial charge in [0.15, 0.2) is 0 Å². The van der Waals surface area contributed by atoms with Gasteiger partial charge in [0.05, 0.1) is 7.11 Å². The van der Waals surface area contributed by atoms with Crippen LogP contribution in [0.1, 0.15) is 12.5 Å². The molecule has 1 N–H and O–H groups in total. The zero-order valence-corrected chi connectivity index (χ0v) is 11.8. The highest BCUT2D eigenvalue weighted by Gasteiger charge is 2.03. The van der Waals surface area contributed by atoms with Crippen LogP contribution in [-0.2, 0) is 9.53 Å². The number of benzene rings is 1. The monoisotopic (exact) mass is 297 g/mol. The van der Waals surface area contributed by atoms with E-state index in [2.05, 4.69) is 26.0 Å². The highest BCUT2D eigenvalue weighted by molar-refractivity contribution is 9.10.